The highest BCUT2D eigenvalue weighted by molar-refractivity contribution is 7.89. The van der Waals surface area contributed by atoms with Crippen molar-refractivity contribution in [1.29, 1.82) is 0 Å². The minimum Gasteiger partial charge on any atom is -0.399 e. The number of nitrogens with two attached hydrogens (primary N) is 1. The highest BCUT2D eigenvalue weighted by Gasteiger charge is 2.18. The molecule has 1 aromatic carbocycles. The Morgan fingerprint density at radius 3 is 2.90 bits per heavy atom. The smallest absolute Gasteiger partial charge is 0.242 e. The fourth-order valence-corrected chi connectivity index (χ4v) is 3.42. The fraction of sp³-hybridized carbons (Fsp3) is 0.429. The van der Waals surface area contributed by atoms with Gasteiger partial charge in [0.25, 0.3) is 0 Å². The van der Waals surface area contributed by atoms with Crippen molar-refractivity contribution in [3.8, 4) is 0 Å². The summed E-state index contributed by atoms with van der Waals surface area (Å²) in [6.07, 6.45) is 2.95. The molecule has 1 heterocycles. The first kappa shape index (κ1) is 15.8. The number of hydrogen-bond acceptors (Lipinski definition) is 4. The molecule has 0 radical (unpaired) electrons. The summed E-state index contributed by atoms with van der Waals surface area (Å²) in [6, 6.07) is 5.08. The van der Waals surface area contributed by atoms with Crippen LogP contribution in [0.3, 0.4) is 0 Å². The standard InChI is InChI=1S/C14H21N3O3S/c1-10(9-18)3-2-6-17-21(19,20)14-8-16-13-7-11(15)4-5-12(13)14/h4-5,7-8,10,16-18H,2-3,6,9,15H2,1H3. The van der Waals surface area contributed by atoms with Crippen molar-refractivity contribution in [3.63, 3.8) is 0 Å². The molecule has 0 aliphatic carbocycles. The van der Waals surface area contributed by atoms with Gasteiger partial charge in [-0.05, 0) is 37.0 Å². The first-order chi connectivity index (χ1) is 9.94. The first-order valence-corrected chi connectivity index (χ1v) is 8.39. The van der Waals surface area contributed by atoms with E-state index in [1.165, 1.54) is 6.20 Å². The lowest BCUT2D eigenvalue weighted by molar-refractivity contribution is 0.228. The largest absolute Gasteiger partial charge is 0.399 e. The number of hydrogen-bond donors (Lipinski definition) is 4. The normalized spacial score (nSPS) is 13.6. The minimum atomic E-state index is -3.55. The Bertz CT molecular complexity index is 709. The van der Waals surface area contributed by atoms with Gasteiger partial charge >= 0.3 is 0 Å². The lowest BCUT2D eigenvalue weighted by Gasteiger charge is -2.08. The summed E-state index contributed by atoms with van der Waals surface area (Å²) in [5.41, 5.74) is 6.96. The molecular weight excluding hydrogens is 290 g/mol. The number of fused-ring (bicyclic) bond motifs is 1. The van der Waals surface area contributed by atoms with E-state index in [4.69, 9.17) is 10.8 Å². The second kappa shape index (κ2) is 6.46. The number of aromatic amines is 1. The summed E-state index contributed by atoms with van der Waals surface area (Å²) >= 11 is 0. The van der Waals surface area contributed by atoms with Crippen molar-refractivity contribution in [1.82, 2.24) is 9.71 Å². The van der Waals surface area contributed by atoms with E-state index in [0.717, 1.165) is 6.42 Å². The molecule has 0 aliphatic rings. The van der Waals surface area contributed by atoms with Crippen LogP contribution in [0.1, 0.15) is 19.8 Å². The van der Waals surface area contributed by atoms with Gasteiger partial charge in [-0.2, -0.15) is 0 Å². The molecule has 1 atom stereocenters. The zero-order valence-corrected chi connectivity index (χ0v) is 12.8. The van der Waals surface area contributed by atoms with Crippen molar-refractivity contribution in [3.05, 3.63) is 24.4 Å². The molecule has 0 saturated carbocycles. The van der Waals surface area contributed by atoms with Crippen LogP contribution in [0.2, 0.25) is 0 Å². The summed E-state index contributed by atoms with van der Waals surface area (Å²) in [5.74, 6) is 0.186. The van der Waals surface area contributed by atoms with Crippen molar-refractivity contribution in [2.24, 2.45) is 5.92 Å². The Morgan fingerprint density at radius 2 is 2.19 bits per heavy atom. The molecule has 116 valence electrons. The number of sulfonamides is 1. The number of anilines is 1. The quantitative estimate of drug-likeness (QED) is 0.458. The number of benzene rings is 1. The van der Waals surface area contributed by atoms with Gasteiger partial charge in [0.1, 0.15) is 4.90 Å². The maximum Gasteiger partial charge on any atom is 0.242 e. The molecule has 0 saturated heterocycles. The SMILES string of the molecule is CC(CO)CCCNS(=O)(=O)c1c[nH]c2cc(N)ccc12. The van der Waals surface area contributed by atoms with Crippen LogP contribution in [0.25, 0.3) is 10.9 Å². The second-order valence-electron chi connectivity index (χ2n) is 5.29. The zero-order valence-electron chi connectivity index (χ0n) is 12.0. The van der Waals surface area contributed by atoms with E-state index >= 15 is 0 Å². The van der Waals surface area contributed by atoms with Gasteiger partial charge in [-0.15, -0.1) is 0 Å². The van der Waals surface area contributed by atoms with Gasteiger partial charge in [-0.25, -0.2) is 13.1 Å². The van der Waals surface area contributed by atoms with Crippen LogP contribution in [0.4, 0.5) is 5.69 Å². The predicted molar refractivity (Wildman–Crippen MR) is 83.4 cm³/mol. The predicted octanol–water partition coefficient (Wildman–Crippen LogP) is 1.44. The molecule has 0 spiro atoms. The number of aliphatic hydroxyl groups excluding tert-OH is 1. The molecule has 0 aliphatic heterocycles. The molecule has 7 heteroatoms. The molecule has 0 fully saturated rings. The Balaban J connectivity index is 2.08. The van der Waals surface area contributed by atoms with Gasteiger partial charge < -0.3 is 15.8 Å². The van der Waals surface area contributed by atoms with Crippen LogP contribution in [0, 0.1) is 5.92 Å². The lowest BCUT2D eigenvalue weighted by Crippen LogP contribution is -2.25. The van der Waals surface area contributed by atoms with Crippen LogP contribution in [0.5, 0.6) is 0 Å². The number of aromatic nitrogens is 1. The topological polar surface area (TPSA) is 108 Å². The van der Waals surface area contributed by atoms with E-state index in [-0.39, 0.29) is 17.4 Å². The third-order valence-electron chi connectivity index (χ3n) is 3.43. The van der Waals surface area contributed by atoms with Gasteiger partial charge in [0.05, 0.1) is 0 Å². The summed E-state index contributed by atoms with van der Waals surface area (Å²) in [7, 11) is -3.55. The van der Waals surface area contributed by atoms with Crippen LogP contribution in [-0.2, 0) is 10.0 Å². The van der Waals surface area contributed by atoms with Crippen LogP contribution < -0.4 is 10.5 Å². The fourth-order valence-electron chi connectivity index (χ4n) is 2.17. The molecule has 1 unspecified atom stereocenters. The lowest BCUT2D eigenvalue weighted by atomic mass is 10.1. The Kier molecular flexibility index (Phi) is 4.87. The highest BCUT2D eigenvalue weighted by Crippen LogP contribution is 2.24. The third-order valence-corrected chi connectivity index (χ3v) is 4.94. The summed E-state index contributed by atoms with van der Waals surface area (Å²) in [5, 5.41) is 9.56. The van der Waals surface area contributed by atoms with Crippen LogP contribution in [0.15, 0.2) is 29.3 Å². The van der Waals surface area contributed by atoms with E-state index in [2.05, 4.69) is 9.71 Å². The van der Waals surface area contributed by atoms with E-state index in [9.17, 15) is 8.42 Å². The summed E-state index contributed by atoms with van der Waals surface area (Å²) in [6.45, 7) is 2.41. The van der Waals surface area contributed by atoms with Gasteiger partial charge in [0.2, 0.25) is 10.0 Å². The van der Waals surface area contributed by atoms with E-state index in [1.54, 1.807) is 18.2 Å². The molecule has 1 aromatic heterocycles. The van der Waals surface area contributed by atoms with E-state index in [1.807, 2.05) is 6.92 Å². The minimum absolute atomic E-state index is 0.122. The number of aliphatic hydroxyl groups is 1. The van der Waals surface area contributed by atoms with E-state index < -0.39 is 10.0 Å². The van der Waals surface area contributed by atoms with Gasteiger partial charge in [-0.1, -0.05) is 6.92 Å². The number of nitrogen functional groups attached to an aromatic ring is 1. The summed E-state index contributed by atoms with van der Waals surface area (Å²) in [4.78, 5) is 3.15. The van der Waals surface area contributed by atoms with Crippen molar-refractivity contribution < 1.29 is 13.5 Å². The van der Waals surface area contributed by atoms with Crippen molar-refractivity contribution in [2.75, 3.05) is 18.9 Å². The van der Waals surface area contributed by atoms with Gasteiger partial charge in [-0.3, -0.25) is 0 Å². The van der Waals surface area contributed by atoms with Crippen LogP contribution in [-0.4, -0.2) is 31.7 Å². The molecule has 0 bridgehead atoms. The average molecular weight is 311 g/mol. The Hall–Kier alpha value is -1.57. The number of rotatable bonds is 7. The average Bonchev–Trinajstić information content (AvgIpc) is 2.87. The second-order valence-corrected chi connectivity index (χ2v) is 7.02. The molecule has 5 N–H and O–H groups in total. The Labute approximate surface area is 124 Å². The maximum absolute atomic E-state index is 12.3. The van der Waals surface area contributed by atoms with Crippen molar-refractivity contribution in [2.45, 2.75) is 24.7 Å². The van der Waals surface area contributed by atoms with Crippen LogP contribution >= 0.6 is 0 Å². The number of H-pyrrole nitrogens is 1. The highest BCUT2D eigenvalue weighted by atomic mass is 32.2. The maximum atomic E-state index is 12.3. The molecule has 6 nitrogen and oxygen atoms in total. The first-order valence-electron chi connectivity index (χ1n) is 6.91. The van der Waals surface area contributed by atoms with Crippen molar-refractivity contribution >= 4 is 26.6 Å². The van der Waals surface area contributed by atoms with Gasteiger partial charge in [0.15, 0.2) is 0 Å². The summed E-state index contributed by atoms with van der Waals surface area (Å²) < 4.78 is 27.2. The molecule has 2 aromatic rings. The zero-order chi connectivity index (χ0) is 15.5. The van der Waals surface area contributed by atoms with E-state index in [0.29, 0.717) is 29.6 Å². The monoisotopic (exact) mass is 311 g/mol. The third kappa shape index (κ3) is 3.75. The Morgan fingerprint density at radius 1 is 1.43 bits per heavy atom. The molecule has 2 rings (SSSR count). The molecule has 21 heavy (non-hydrogen) atoms. The molecule has 0 amide bonds. The van der Waals surface area contributed by atoms with Gasteiger partial charge in [0, 0.05) is 35.9 Å². The number of nitrogens with one attached hydrogen (secondary N) is 2. The molecular formula is C14H21N3O3S.